The van der Waals surface area contributed by atoms with Gasteiger partial charge in [0.05, 0.1) is 18.7 Å². The van der Waals surface area contributed by atoms with Crippen molar-refractivity contribution in [2.24, 2.45) is 0 Å². The number of hydrogen-bond donors (Lipinski definition) is 2. The number of benzene rings is 3. The van der Waals surface area contributed by atoms with E-state index < -0.39 is 11.8 Å². The zero-order valence-electron chi connectivity index (χ0n) is 18.2. The fraction of sp³-hybridized carbons (Fsp3) is 0.231. The number of fused-ring (bicyclic) bond motifs is 1. The predicted molar refractivity (Wildman–Crippen MR) is 123 cm³/mol. The van der Waals surface area contributed by atoms with Crippen molar-refractivity contribution in [1.82, 2.24) is 9.80 Å². The van der Waals surface area contributed by atoms with Crippen LogP contribution < -0.4 is 5.32 Å². The van der Waals surface area contributed by atoms with Gasteiger partial charge in [0.25, 0.3) is 0 Å². The van der Waals surface area contributed by atoms with E-state index >= 15 is 0 Å². The Morgan fingerprint density at radius 1 is 1.03 bits per heavy atom. The van der Waals surface area contributed by atoms with Crippen molar-refractivity contribution in [1.29, 1.82) is 0 Å². The van der Waals surface area contributed by atoms with Gasteiger partial charge in [-0.1, -0.05) is 48.5 Å². The van der Waals surface area contributed by atoms with Crippen LogP contribution in [0.5, 0.6) is 0 Å². The minimum atomic E-state index is -0.486. The smallest absolute Gasteiger partial charge is 0.322 e. The average Bonchev–Trinajstić information content (AvgIpc) is 2.81. The van der Waals surface area contributed by atoms with Gasteiger partial charge in [-0.15, -0.1) is 0 Å². The summed E-state index contributed by atoms with van der Waals surface area (Å²) in [6.07, 6.45) is 0. The lowest BCUT2D eigenvalue weighted by atomic mass is 9.73. The lowest BCUT2D eigenvalue weighted by Crippen LogP contribution is -2.73. The Hall–Kier alpha value is -3.78. The highest BCUT2D eigenvalue weighted by atomic mass is 19.1. The predicted octanol–water partition coefficient (Wildman–Crippen LogP) is 3.83. The quantitative estimate of drug-likeness (QED) is 0.618. The summed E-state index contributed by atoms with van der Waals surface area (Å²) in [5, 5.41) is 12.6. The van der Waals surface area contributed by atoms with E-state index in [1.54, 1.807) is 29.2 Å². The zero-order valence-corrected chi connectivity index (χ0v) is 18.2. The van der Waals surface area contributed by atoms with Crippen LogP contribution in [0.15, 0.2) is 72.8 Å². The molecule has 34 heavy (non-hydrogen) atoms. The Bertz CT molecular complexity index is 1230. The molecule has 174 valence electrons. The summed E-state index contributed by atoms with van der Waals surface area (Å²) in [7, 11) is 0. The van der Waals surface area contributed by atoms with Crippen LogP contribution >= 0.6 is 0 Å². The highest BCUT2D eigenvalue weighted by Gasteiger charge is 2.54. The van der Waals surface area contributed by atoms with E-state index in [0.29, 0.717) is 11.3 Å². The molecule has 2 aliphatic heterocycles. The van der Waals surface area contributed by atoms with E-state index in [-0.39, 0.29) is 49.4 Å². The number of nitrogens with one attached hydrogen (secondary N) is 1. The summed E-state index contributed by atoms with van der Waals surface area (Å²) < 4.78 is 27.6. The first-order valence-electron chi connectivity index (χ1n) is 11.0. The van der Waals surface area contributed by atoms with Gasteiger partial charge in [-0.3, -0.25) is 4.79 Å². The molecule has 3 aromatic rings. The number of urea groups is 1. The Kier molecular flexibility index (Phi) is 5.75. The molecular weight excluding hydrogens is 440 g/mol. The SMILES string of the molecule is O=C(Nc1cccc(F)c1)N1CC(=O)N2[C@@H](CO)[C@@H](c3ccc(-c4ccccc4F)cc3)[C@@H]2C1. The molecule has 0 radical (unpaired) electrons. The normalized spacial score (nSPS) is 21.6. The molecule has 0 aromatic heterocycles. The number of nitrogens with zero attached hydrogens (tertiary/aromatic N) is 2. The number of aliphatic hydroxyl groups is 1. The van der Waals surface area contributed by atoms with Crippen LogP contribution in [0.3, 0.4) is 0 Å². The molecule has 5 rings (SSSR count). The van der Waals surface area contributed by atoms with Crippen LogP contribution in [0.2, 0.25) is 0 Å². The number of rotatable bonds is 4. The van der Waals surface area contributed by atoms with Gasteiger partial charge in [-0.25, -0.2) is 13.6 Å². The van der Waals surface area contributed by atoms with Crippen LogP contribution in [0.25, 0.3) is 11.1 Å². The molecule has 3 atom stereocenters. The molecule has 2 fully saturated rings. The first-order chi connectivity index (χ1) is 16.5. The number of amides is 3. The number of anilines is 1. The Labute approximate surface area is 195 Å². The van der Waals surface area contributed by atoms with Gasteiger partial charge < -0.3 is 20.2 Å². The standard InChI is InChI=1S/C26H23F2N3O3/c27-18-4-3-5-19(12-18)29-26(34)30-13-22-25(23(15-32)31(22)24(33)14-30)17-10-8-16(9-11-17)20-6-1-2-7-21(20)28/h1-12,22-23,25,32H,13-15H2,(H,29,34)/t22-,23-,25-/m0/s1. The van der Waals surface area contributed by atoms with Gasteiger partial charge in [0.15, 0.2) is 0 Å². The molecule has 0 aliphatic carbocycles. The molecule has 0 bridgehead atoms. The van der Waals surface area contributed by atoms with E-state index in [1.807, 2.05) is 24.3 Å². The molecule has 0 unspecified atom stereocenters. The summed E-state index contributed by atoms with van der Waals surface area (Å²) in [6, 6.07) is 18.3. The number of hydrogen-bond acceptors (Lipinski definition) is 3. The number of aliphatic hydroxyl groups excluding tert-OH is 1. The number of piperazine rings is 1. The lowest BCUT2D eigenvalue weighted by Gasteiger charge is -2.58. The number of halogens is 2. The van der Waals surface area contributed by atoms with Crippen molar-refractivity contribution in [3.63, 3.8) is 0 Å². The molecular formula is C26H23F2N3O3. The van der Waals surface area contributed by atoms with E-state index in [2.05, 4.69) is 5.32 Å². The average molecular weight is 463 g/mol. The fourth-order valence-electron chi connectivity index (χ4n) is 5.00. The Balaban J connectivity index is 1.35. The molecule has 3 aromatic carbocycles. The van der Waals surface area contributed by atoms with Crippen molar-refractivity contribution in [2.75, 3.05) is 25.0 Å². The molecule has 2 aliphatic rings. The lowest BCUT2D eigenvalue weighted by molar-refractivity contribution is -0.159. The second-order valence-electron chi connectivity index (χ2n) is 8.57. The minimum absolute atomic E-state index is 0.118. The topological polar surface area (TPSA) is 72.9 Å². The van der Waals surface area contributed by atoms with Crippen molar-refractivity contribution < 1.29 is 23.5 Å². The number of carbonyl (C=O) groups excluding carboxylic acids is 2. The van der Waals surface area contributed by atoms with E-state index in [9.17, 15) is 23.5 Å². The molecule has 2 heterocycles. The maximum atomic E-state index is 14.1. The molecule has 2 N–H and O–H groups in total. The van der Waals surface area contributed by atoms with Crippen LogP contribution in [0, 0.1) is 11.6 Å². The van der Waals surface area contributed by atoms with Gasteiger partial charge in [0, 0.05) is 23.7 Å². The summed E-state index contributed by atoms with van der Waals surface area (Å²) in [5.74, 6) is -1.20. The van der Waals surface area contributed by atoms with E-state index in [1.165, 1.54) is 29.2 Å². The van der Waals surface area contributed by atoms with E-state index in [0.717, 1.165) is 11.1 Å². The summed E-state index contributed by atoms with van der Waals surface area (Å²) in [5.41, 5.74) is 2.44. The monoisotopic (exact) mass is 463 g/mol. The van der Waals surface area contributed by atoms with Crippen LogP contribution in [-0.4, -0.2) is 58.6 Å². The maximum absolute atomic E-state index is 14.1. The molecule has 0 spiro atoms. The molecule has 2 saturated heterocycles. The summed E-state index contributed by atoms with van der Waals surface area (Å²) in [6.45, 7) is -0.0341. The van der Waals surface area contributed by atoms with Gasteiger partial charge in [0.2, 0.25) is 5.91 Å². The van der Waals surface area contributed by atoms with Crippen molar-refractivity contribution in [2.45, 2.75) is 18.0 Å². The first kappa shape index (κ1) is 22.0. The third-order valence-electron chi connectivity index (χ3n) is 6.60. The fourth-order valence-corrected chi connectivity index (χ4v) is 5.00. The molecule has 0 saturated carbocycles. The van der Waals surface area contributed by atoms with Crippen LogP contribution in [-0.2, 0) is 4.79 Å². The van der Waals surface area contributed by atoms with Crippen molar-refractivity contribution in [3.8, 4) is 11.1 Å². The van der Waals surface area contributed by atoms with Gasteiger partial charge in [0.1, 0.15) is 18.2 Å². The Morgan fingerprint density at radius 3 is 2.50 bits per heavy atom. The van der Waals surface area contributed by atoms with Gasteiger partial charge in [-0.05, 0) is 35.4 Å². The highest BCUT2D eigenvalue weighted by Crippen LogP contribution is 2.43. The number of carbonyl (C=O) groups is 2. The zero-order chi connectivity index (χ0) is 23.8. The summed E-state index contributed by atoms with van der Waals surface area (Å²) >= 11 is 0. The first-order valence-corrected chi connectivity index (χ1v) is 11.0. The summed E-state index contributed by atoms with van der Waals surface area (Å²) in [4.78, 5) is 28.6. The molecule has 8 heteroatoms. The largest absolute Gasteiger partial charge is 0.394 e. The van der Waals surface area contributed by atoms with Crippen molar-refractivity contribution >= 4 is 17.6 Å². The maximum Gasteiger partial charge on any atom is 0.322 e. The second-order valence-corrected chi connectivity index (χ2v) is 8.57. The third kappa shape index (κ3) is 3.90. The van der Waals surface area contributed by atoms with Crippen LogP contribution in [0.4, 0.5) is 19.3 Å². The van der Waals surface area contributed by atoms with Crippen LogP contribution in [0.1, 0.15) is 11.5 Å². The van der Waals surface area contributed by atoms with E-state index in [4.69, 9.17) is 0 Å². The van der Waals surface area contributed by atoms with Gasteiger partial charge >= 0.3 is 6.03 Å². The molecule has 6 nitrogen and oxygen atoms in total. The third-order valence-corrected chi connectivity index (χ3v) is 6.60. The van der Waals surface area contributed by atoms with Gasteiger partial charge in [-0.2, -0.15) is 0 Å². The van der Waals surface area contributed by atoms with Crippen molar-refractivity contribution in [3.05, 3.63) is 90.0 Å². The highest BCUT2D eigenvalue weighted by molar-refractivity contribution is 5.93. The Morgan fingerprint density at radius 2 is 1.79 bits per heavy atom. The second kappa shape index (κ2) is 8.87. The molecule has 3 amide bonds. The minimum Gasteiger partial charge on any atom is -0.394 e.